The lowest BCUT2D eigenvalue weighted by Crippen LogP contribution is -2.53. The lowest BCUT2D eigenvalue weighted by Gasteiger charge is -2.29. The highest BCUT2D eigenvalue weighted by atomic mass is 79.9. The number of nitrogens with one attached hydrogen (secondary N) is 1. The third-order valence-corrected chi connectivity index (χ3v) is 4.63. The second-order valence-electron chi connectivity index (χ2n) is 6.25. The minimum absolute atomic E-state index is 0.0491. The molecule has 2 aromatic rings. The summed E-state index contributed by atoms with van der Waals surface area (Å²) in [7, 11) is 0. The lowest BCUT2D eigenvalue weighted by molar-refractivity contribution is 0.0299. The highest BCUT2D eigenvalue weighted by molar-refractivity contribution is 9.09. The number of hydrogen-bond donors (Lipinski definition) is 2. The average Bonchev–Trinajstić information content (AvgIpc) is 2.77. The number of nitrogens with zero attached hydrogens (tertiary/aromatic N) is 1. The Morgan fingerprint density at radius 3 is 2.03 bits per heavy atom. The fourth-order valence-corrected chi connectivity index (χ4v) is 2.87. The van der Waals surface area contributed by atoms with Crippen LogP contribution in [0.1, 0.15) is 24.0 Å². The largest absolute Gasteiger partial charge is 0.443 e. The number of carbonyl (C=O) groups excluding carboxylic acids is 2. The Labute approximate surface area is 178 Å². The molecule has 2 rings (SSSR count). The molecule has 0 spiro atoms. The number of benzene rings is 2. The molecule has 0 bridgehead atoms. The first-order valence-electron chi connectivity index (χ1n) is 9.28. The fraction of sp³-hybridized carbons (Fsp3) is 0.333. The molecule has 8 heteroatoms. The molecule has 1 atom stereocenters. The molecular formula is C21H25BrN2O5. The van der Waals surface area contributed by atoms with E-state index in [-0.39, 0.29) is 19.8 Å². The number of hydrogen-bond acceptors (Lipinski definition) is 5. The first-order chi connectivity index (χ1) is 14.1. The smallest absolute Gasteiger partial charge is 0.429 e. The predicted molar refractivity (Wildman–Crippen MR) is 112 cm³/mol. The van der Waals surface area contributed by atoms with E-state index in [0.717, 1.165) is 16.1 Å². The molecule has 0 saturated carbocycles. The molecule has 2 aromatic carbocycles. The van der Waals surface area contributed by atoms with Gasteiger partial charge in [-0.05, 0) is 24.0 Å². The first-order valence-corrected chi connectivity index (χ1v) is 10.4. The molecule has 29 heavy (non-hydrogen) atoms. The molecule has 7 nitrogen and oxygen atoms in total. The van der Waals surface area contributed by atoms with Gasteiger partial charge in [-0.3, -0.25) is 0 Å². The lowest BCUT2D eigenvalue weighted by atomic mass is 10.2. The van der Waals surface area contributed by atoms with Gasteiger partial charge in [0.25, 0.3) is 0 Å². The van der Waals surface area contributed by atoms with Gasteiger partial charge in [-0.1, -0.05) is 76.6 Å². The van der Waals surface area contributed by atoms with E-state index in [2.05, 4.69) is 21.4 Å². The molecular weight excluding hydrogens is 440 g/mol. The summed E-state index contributed by atoms with van der Waals surface area (Å²) in [6.45, 7) is -0.218. The van der Waals surface area contributed by atoms with Crippen molar-refractivity contribution >= 4 is 28.1 Å². The van der Waals surface area contributed by atoms with Gasteiger partial charge in [-0.15, -0.1) is 0 Å². The van der Waals surface area contributed by atoms with Crippen molar-refractivity contribution in [2.45, 2.75) is 32.1 Å². The monoisotopic (exact) mass is 464 g/mol. The van der Waals surface area contributed by atoms with Crippen LogP contribution < -0.4 is 5.43 Å². The highest BCUT2D eigenvalue weighted by Gasteiger charge is 2.27. The van der Waals surface area contributed by atoms with Crippen molar-refractivity contribution in [2.24, 2.45) is 0 Å². The van der Waals surface area contributed by atoms with Crippen molar-refractivity contribution in [1.29, 1.82) is 0 Å². The fourth-order valence-electron chi connectivity index (χ4n) is 2.54. The second-order valence-corrected chi connectivity index (χ2v) is 7.04. The van der Waals surface area contributed by atoms with Crippen molar-refractivity contribution in [3.8, 4) is 0 Å². The quantitative estimate of drug-likeness (QED) is 0.432. The van der Waals surface area contributed by atoms with Crippen LogP contribution in [0.5, 0.6) is 0 Å². The van der Waals surface area contributed by atoms with Crippen LogP contribution in [-0.4, -0.2) is 40.3 Å². The zero-order chi connectivity index (χ0) is 20.9. The van der Waals surface area contributed by atoms with Crippen LogP contribution in [0.3, 0.4) is 0 Å². The van der Waals surface area contributed by atoms with Gasteiger partial charge in [0.15, 0.2) is 0 Å². The van der Waals surface area contributed by atoms with Gasteiger partial charge < -0.3 is 14.6 Å². The van der Waals surface area contributed by atoms with Crippen LogP contribution >= 0.6 is 15.9 Å². The topological polar surface area (TPSA) is 88.1 Å². The Bertz CT molecular complexity index is 745. The Morgan fingerprint density at radius 2 is 1.52 bits per heavy atom. The van der Waals surface area contributed by atoms with Crippen LogP contribution in [0, 0.1) is 0 Å². The van der Waals surface area contributed by atoms with E-state index in [1.54, 1.807) is 0 Å². The minimum atomic E-state index is -0.803. The summed E-state index contributed by atoms with van der Waals surface area (Å²) < 4.78 is 10.5. The molecule has 0 radical (unpaired) electrons. The van der Waals surface area contributed by atoms with Crippen molar-refractivity contribution in [2.75, 3.05) is 11.9 Å². The highest BCUT2D eigenvalue weighted by Crippen LogP contribution is 2.11. The number of ether oxygens (including phenoxy) is 2. The third-order valence-electron chi connectivity index (χ3n) is 4.07. The van der Waals surface area contributed by atoms with E-state index in [0.29, 0.717) is 18.2 Å². The second kappa shape index (κ2) is 12.8. The Hall–Kier alpha value is -2.58. The molecule has 2 amide bonds. The van der Waals surface area contributed by atoms with Crippen molar-refractivity contribution in [3.63, 3.8) is 0 Å². The number of halogens is 1. The molecule has 0 aromatic heterocycles. The van der Waals surface area contributed by atoms with Gasteiger partial charge in [0.05, 0.1) is 12.6 Å². The van der Waals surface area contributed by atoms with Gasteiger partial charge in [0.2, 0.25) is 0 Å². The number of amides is 2. The number of carbonyl (C=O) groups is 2. The summed E-state index contributed by atoms with van der Waals surface area (Å²) in [6, 6.07) is 17.8. The van der Waals surface area contributed by atoms with Gasteiger partial charge in [-0.25, -0.2) is 20.0 Å². The van der Waals surface area contributed by atoms with Gasteiger partial charge in [-0.2, -0.15) is 0 Å². The number of alkyl halides is 1. The number of rotatable bonds is 9. The number of hydrazine groups is 1. The number of aliphatic hydroxyl groups excluding tert-OH is 1. The van der Waals surface area contributed by atoms with Gasteiger partial charge >= 0.3 is 12.2 Å². The summed E-state index contributed by atoms with van der Waals surface area (Å²) in [5, 5.41) is 11.4. The predicted octanol–water partition coefficient (Wildman–Crippen LogP) is 4.00. The van der Waals surface area contributed by atoms with E-state index in [1.165, 1.54) is 0 Å². The summed E-state index contributed by atoms with van der Waals surface area (Å²) in [5.41, 5.74) is 4.04. The normalized spacial score (nSPS) is 11.4. The van der Waals surface area contributed by atoms with E-state index in [4.69, 9.17) is 9.47 Å². The molecule has 0 heterocycles. The SMILES string of the molecule is O=C(NN(C(=O)OCc1ccccc1)[C@H](CO)CCCBr)OCc1ccccc1. The van der Waals surface area contributed by atoms with Crippen LogP contribution in [0.2, 0.25) is 0 Å². The van der Waals surface area contributed by atoms with Crippen molar-refractivity contribution in [1.82, 2.24) is 10.4 Å². The molecule has 0 fully saturated rings. The van der Waals surface area contributed by atoms with E-state index in [9.17, 15) is 14.7 Å². The summed E-state index contributed by atoms with van der Waals surface area (Å²) in [6.07, 6.45) is -0.391. The maximum absolute atomic E-state index is 12.6. The first kappa shape index (κ1) is 22.7. The Kier molecular flexibility index (Phi) is 10.0. The number of aliphatic hydroxyl groups is 1. The third kappa shape index (κ3) is 8.13. The van der Waals surface area contributed by atoms with Gasteiger partial charge in [0.1, 0.15) is 13.2 Å². The van der Waals surface area contributed by atoms with Crippen LogP contribution in [-0.2, 0) is 22.7 Å². The van der Waals surface area contributed by atoms with E-state index < -0.39 is 18.2 Å². The zero-order valence-electron chi connectivity index (χ0n) is 16.0. The summed E-state index contributed by atoms with van der Waals surface area (Å²) in [5.74, 6) is 0. The Morgan fingerprint density at radius 1 is 0.966 bits per heavy atom. The standard InChI is InChI=1S/C21H25BrN2O5/c22-13-7-12-19(14-25)24(21(27)29-16-18-10-5-2-6-11-18)23-20(26)28-15-17-8-3-1-4-9-17/h1-6,8-11,19,25H,7,12-16H2,(H,23,26)/t19-/m0/s1. The molecule has 0 saturated heterocycles. The summed E-state index contributed by atoms with van der Waals surface area (Å²) in [4.78, 5) is 24.8. The molecule has 0 aliphatic rings. The van der Waals surface area contributed by atoms with E-state index >= 15 is 0 Å². The van der Waals surface area contributed by atoms with Crippen LogP contribution in [0.25, 0.3) is 0 Å². The molecule has 2 N–H and O–H groups in total. The molecule has 0 aliphatic heterocycles. The maximum Gasteiger partial charge on any atom is 0.429 e. The van der Waals surface area contributed by atoms with Gasteiger partial charge in [0, 0.05) is 5.33 Å². The molecule has 0 unspecified atom stereocenters. The summed E-state index contributed by atoms with van der Waals surface area (Å²) >= 11 is 3.33. The maximum atomic E-state index is 12.6. The minimum Gasteiger partial charge on any atom is -0.443 e. The van der Waals surface area contributed by atoms with Crippen molar-refractivity contribution in [3.05, 3.63) is 71.8 Å². The molecule has 0 aliphatic carbocycles. The Balaban J connectivity index is 1.98. The average molecular weight is 465 g/mol. The molecule has 156 valence electrons. The van der Waals surface area contributed by atoms with Crippen molar-refractivity contribution < 1.29 is 24.2 Å². The van der Waals surface area contributed by atoms with Crippen LogP contribution in [0.15, 0.2) is 60.7 Å². The van der Waals surface area contributed by atoms with Crippen LogP contribution in [0.4, 0.5) is 9.59 Å². The van der Waals surface area contributed by atoms with E-state index in [1.807, 2.05) is 60.7 Å². The zero-order valence-corrected chi connectivity index (χ0v) is 17.6.